The molecule has 3 rings (SSSR count). The average Bonchev–Trinajstić information content (AvgIpc) is 2.62. The van der Waals surface area contributed by atoms with Crippen LogP contribution >= 0.6 is 0 Å². The molecule has 0 aliphatic carbocycles. The molecule has 0 unspecified atom stereocenters. The van der Waals surface area contributed by atoms with Crippen molar-refractivity contribution in [1.82, 2.24) is 4.98 Å². The van der Waals surface area contributed by atoms with Crippen molar-refractivity contribution in [3.05, 3.63) is 92.9 Å². The monoisotopic (exact) mass is 333 g/mol. The van der Waals surface area contributed by atoms with Gasteiger partial charge in [0.1, 0.15) is 11.9 Å². The van der Waals surface area contributed by atoms with Gasteiger partial charge in [-0.15, -0.1) is 0 Å². The lowest BCUT2D eigenvalue weighted by atomic mass is 10.1. The molecule has 2 aromatic carbocycles. The Hall–Kier alpha value is -3.54. The van der Waals surface area contributed by atoms with E-state index in [1.165, 1.54) is 24.4 Å². The number of benzene rings is 2. The maximum Gasteiger partial charge on any atom is 0.333 e. The van der Waals surface area contributed by atoms with Gasteiger partial charge in [-0.05, 0) is 29.6 Å². The molecular weight excluding hydrogens is 318 g/mol. The van der Waals surface area contributed by atoms with Gasteiger partial charge in [-0.3, -0.25) is 10.1 Å². The molecule has 0 radical (unpaired) electrons. The quantitative estimate of drug-likeness (QED) is 0.315. The van der Waals surface area contributed by atoms with Crippen molar-refractivity contribution in [2.24, 2.45) is 0 Å². The van der Waals surface area contributed by atoms with Crippen LogP contribution < -0.4 is 4.73 Å². The molecule has 0 atom stereocenters. The lowest BCUT2D eigenvalue weighted by Crippen LogP contribution is -2.33. The number of nitro benzene ring substituents is 1. The highest BCUT2D eigenvalue weighted by Crippen LogP contribution is 2.20. The van der Waals surface area contributed by atoms with Crippen LogP contribution in [-0.4, -0.2) is 9.91 Å². The van der Waals surface area contributed by atoms with Crippen molar-refractivity contribution in [1.29, 1.82) is 0 Å². The predicted octanol–water partition coefficient (Wildman–Crippen LogP) is 3.77. The second-order valence-electron chi connectivity index (χ2n) is 5.54. The third-order valence-corrected chi connectivity index (χ3v) is 3.71. The molecule has 0 aliphatic heterocycles. The van der Waals surface area contributed by atoms with E-state index in [9.17, 15) is 15.3 Å². The number of nitrogens with zero attached hydrogens (tertiary/aromatic N) is 3. The summed E-state index contributed by atoms with van der Waals surface area (Å²) in [4.78, 5) is 14.5. The summed E-state index contributed by atoms with van der Waals surface area (Å²) in [5.41, 5.74) is 2.85. The van der Waals surface area contributed by atoms with Gasteiger partial charge in [0.25, 0.3) is 5.69 Å². The topological polar surface area (TPSA) is 83.0 Å². The van der Waals surface area contributed by atoms with E-state index in [2.05, 4.69) is 4.98 Å². The molecule has 6 nitrogen and oxygen atoms in total. The molecule has 124 valence electrons. The first kappa shape index (κ1) is 16.3. The van der Waals surface area contributed by atoms with E-state index >= 15 is 0 Å². The van der Waals surface area contributed by atoms with E-state index in [0.29, 0.717) is 16.0 Å². The molecule has 0 aliphatic rings. The molecule has 6 heteroatoms. The Morgan fingerprint density at radius 3 is 2.56 bits per heavy atom. The minimum Gasteiger partial charge on any atom is -0.710 e. The minimum absolute atomic E-state index is 0.0834. The van der Waals surface area contributed by atoms with E-state index in [1.807, 2.05) is 37.3 Å². The first-order valence-corrected chi connectivity index (χ1v) is 7.63. The third kappa shape index (κ3) is 3.69. The maximum atomic E-state index is 12.6. The van der Waals surface area contributed by atoms with Crippen LogP contribution in [0.1, 0.15) is 16.8 Å². The summed E-state index contributed by atoms with van der Waals surface area (Å²) >= 11 is 0. The minimum atomic E-state index is -0.500. The summed E-state index contributed by atoms with van der Waals surface area (Å²) in [5.74, 6) is 0.120. The van der Waals surface area contributed by atoms with Gasteiger partial charge in [-0.1, -0.05) is 42.0 Å². The zero-order valence-electron chi connectivity index (χ0n) is 13.5. The van der Waals surface area contributed by atoms with Gasteiger partial charge in [0.05, 0.1) is 10.5 Å². The van der Waals surface area contributed by atoms with Crippen molar-refractivity contribution in [2.75, 3.05) is 0 Å². The van der Waals surface area contributed by atoms with Crippen molar-refractivity contribution in [3.63, 3.8) is 0 Å². The summed E-state index contributed by atoms with van der Waals surface area (Å²) in [6.07, 6.45) is 5.04. The standard InChI is InChI=1S/C19H15N3O3/c1-14-5-7-15(8-6-14)9-10-17-11-12-20-19(21(17)23)16-3-2-4-18(13-16)22(24)25/h2-13H,1H3/b10-9+. The van der Waals surface area contributed by atoms with Crippen LogP contribution in [-0.2, 0) is 0 Å². The zero-order chi connectivity index (χ0) is 17.8. The highest BCUT2D eigenvalue weighted by Gasteiger charge is 2.16. The number of hydrogen-bond acceptors (Lipinski definition) is 4. The SMILES string of the molecule is Cc1ccc(/C=C/c2ccnc(-c3cccc([N+](=O)[O-])c3)[n+]2[O-])cc1. The second-order valence-corrected chi connectivity index (χ2v) is 5.54. The molecule has 0 spiro atoms. The van der Waals surface area contributed by atoms with Crippen LogP contribution in [0.4, 0.5) is 5.69 Å². The van der Waals surface area contributed by atoms with Gasteiger partial charge in [-0.2, -0.15) is 0 Å². The van der Waals surface area contributed by atoms with Crippen LogP contribution in [0.2, 0.25) is 0 Å². The normalized spacial score (nSPS) is 10.9. The molecule has 0 bridgehead atoms. The number of aromatic nitrogens is 2. The summed E-state index contributed by atoms with van der Waals surface area (Å²) < 4.78 is 0.670. The highest BCUT2D eigenvalue weighted by molar-refractivity contribution is 5.67. The molecule has 0 N–H and O–H groups in total. The number of non-ortho nitro benzene ring substituents is 1. The van der Waals surface area contributed by atoms with E-state index in [4.69, 9.17) is 0 Å². The number of aryl methyl sites for hydroxylation is 1. The molecule has 1 heterocycles. The van der Waals surface area contributed by atoms with Gasteiger partial charge in [0, 0.05) is 18.2 Å². The molecule has 0 amide bonds. The zero-order valence-corrected chi connectivity index (χ0v) is 13.5. The Labute approximate surface area is 144 Å². The Kier molecular flexibility index (Phi) is 4.52. The number of nitro groups is 1. The Morgan fingerprint density at radius 1 is 1.08 bits per heavy atom. The summed E-state index contributed by atoms with van der Waals surface area (Å²) in [5, 5.41) is 23.5. The van der Waals surface area contributed by atoms with Crippen LogP contribution in [0.15, 0.2) is 60.8 Å². The smallest absolute Gasteiger partial charge is 0.333 e. The fourth-order valence-corrected chi connectivity index (χ4v) is 2.36. The number of rotatable bonds is 4. The van der Waals surface area contributed by atoms with Gasteiger partial charge < -0.3 is 5.21 Å². The molecule has 0 fully saturated rings. The Morgan fingerprint density at radius 2 is 1.84 bits per heavy atom. The van der Waals surface area contributed by atoms with Gasteiger partial charge in [0.2, 0.25) is 0 Å². The second kappa shape index (κ2) is 6.92. The Balaban J connectivity index is 1.96. The molecule has 3 aromatic rings. The van der Waals surface area contributed by atoms with Gasteiger partial charge >= 0.3 is 5.82 Å². The first-order chi connectivity index (χ1) is 12.0. The van der Waals surface area contributed by atoms with Gasteiger partial charge in [0.15, 0.2) is 0 Å². The summed E-state index contributed by atoms with van der Waals surface area (Å²) in [6.45, 7) is 2.01. The molecule has 0 saturated heterocycles. The maximum absolute atomic E-state index is 12.6. The van der Waals surface area contributed by atoms with Gasteiger partial charge in [-0.25, -0.2) is 4.73 Å². The average molecular weight is 333 g/mol. The lowest BCUT2D eigenvalue weighted by molar-refractivity contribution is -0.598. The fourth-order valence-electron chi connectivity index (χ4n) is 2.36. The lowest BCUT2D eigenvalue weighted by Gasteiger charge is -2.09. The van der Waals surface area contributed by atoms with Crippen LogP contribution in [0.5, 0.6) is 0 Å². The van der Waals surface area contributed by atoms with E-state index in [-0.39, 0.29) is 11.5 Å². The number of hydrogen-bond donors (Lipinski definition) is 0. The fraction of sp³-hybridized carbons (Fsp3) is 0.0526. The summed E-state index contributed by atoms with van der Waals surface area (Å²) in [7, 11) is 0. The van der Waals surface area contributed by atoms with E-state index < -0.39 is 4.92 Å². The van der Waals surface area contributed by atoms with Crippen molar-refractivity contribution < 1.29 is 9.65 Å². The largest absolute Gasteiger partial charge is 0.710 e. The van der Waals surface area contributed by atoms with Crippen molar-refractivity contribution in [2.45, 2.75) is 6.92 Å². The van der Waals surface area contributed by atoms with E-state index in [0.717, 1.165) is 11.1 Å². The summed E-state index contributed by atoms with van der Waals surface area (Å²) in [6, 6.07) is 15.4. The molecule has 25 heavy (non-hydrogen) atoms. The predicted molar refractivity (Wildman–Crippen MR) is 95.4 cm³/mol. The third-order valence-electron chi connectivity index (χ3n) is 3.71. The molecule has 1 aromatic heterocycles. The van der Waals surface area contributed by atoms with Crippen LogP contribution in [0.3, 0.4) is 0 Å². The van der Waals surface area contributed by atoms with Crippen LogP contribution in [0.25, 0.3) is 23.5 Å². The first-order valence-electron chi connectivity index (χ1n) is 7.63. The van der Waals surface area contributed by atoms with Crippen molar-refractivity contribution >= 4 is 17.8 Å². The van der Waals surface area contributed by atoms with Crippen LogP contribution in [0, 0.1) is 22.2 Å². The Bertz CT molecular complexity index is 950. The molecular formula is C19H15N3O3. The van der Waals surface area contributed by atoms with Crippen molar-refractivity contribution in [3.8, 4) is 11.4 Å². The highest BCUT2D eigenvalue weighted by atomic mass is 16.6. The van der Waals surface area contributed by atoms with E-state index in [1.54, 1.807) is 18.2 Å². The molecule has 0 saturated carbocycles.